The molecule has 0 aliphatic rings. The van der Waals surface area contributed by atoms with Gasteiger partial charge in [-0.1, -0.05) is 33.2 Å². The molecule has 0 amide bonds. The third kappa shape index (κ3) is 2.61. The zero-order chi connectivity index (χ0) is 18.3. The summed E-state index contributed by atoms with van der Waals surface area (Å²) in [5, 5.41) is 15.2. The van der Waals surface area contributed by atoms with Crippen molar-refractivity contribution in [1.82, 2.24) is 14.7 Å². The highest BCUT2D eigenvalue weighted by Gasteiger charge is 2.22. The van der Waals surface area contributed by atoms with E-state index in [-0.39, 0.29) is 22.8 Å². The monoisotopic (exact) mass is 411 g/mol. The number of halogens is 1. The summed E-state index contributed by atoms with van der Waals surface area (Å²) in [6, 6.07) is 14.6. The van der Waals surface area contributed by atoms with Crippen LogP contribution in [-0.2, 0) is 6.54 Å². The summed E-state index contributed by atoms with van der Waals surface area (Å²) in [4.78, 5) is 17.2. The van der Waals surface area contributed by atoms with Crippen molar-refractivity contribution in [3.63, 3.8) is 0 Å². The van der Waals surface area contributed by atoms with Crippen LogP contribution >= 0.6 is 15.9 Å². The van der Waals surface area contributed by atoms with Gasteiger partial charge in [0.25, 0.3) is 11.4 Å². The molecule has 130 valence electrons. The van der Waals surface area contributed by atoms with Crippen molar-refractivity contribution in [1.29, 1.82) is 0 Å². The van der Waals surface area contributed by atoms with Gasteiger partial charge in [0.2, 0.25) is 5.82 Å². The van der Waals surface area contributed by atoms with Gasteiger partial charge in [0.05, 0.1) is 5.52 Å². The lowest BCUT2D eigenvalue weighted by Crippen LogP contribution is -2.21. The first-order valence-electron chi connectivity index (χ1n) is 8.04. The van der Waals surface area contributed by atoms with Crippen LogP contribution < -0.4 is 5.56 Å². The molecular formula is C19H14BrN3O3. The van der Waals surface area contributed by atoms with Gasteiger partial charge < -0.3 is 14.2 Å². The Kier molecular flexibility index (Phi) is 4.08. The molecule has 1 N–H and O–H groups in total. The highest BCUT2D eigenvalue weighted by atomic mass is 79.9. The van der Waals surface area contributed by atoms with Crippen LogP contribution in [0.3, 0.4) is 0 Å². The van der Waals surface area contributed by atoms with Gasteiger partial charge >= 0.3 is 0 Å². The normalized spacial score (nSPS) is 11.2. The van der Waals surface area contributed by atoms with Crippen molar-refractivity contribution in [3.8, 4) is 28.6 Å². The molecule has 0 radical (unpaired) electrons. The van der Waals surface area contributed by atoms with E-state index in [0.29, 0.717) is 23.3 Å². The molecule has 4 rings (SSSR count). The molecule has 0 saturated heterocycles. The molecule has 6 nitrogen and oxygen atoms in total. The van der Waals surface area contributed by atoms with Crippen molar-refractivity contribution in [2.45, 2.75) is 13.5 Å². The van der Waals surface area contributed by atoms with Gasteiger partial charge in [-0.25, -0.2) is 0 Å². The van der Waals surface area contributed by atoms with Crippen molar-refractivity contribution < 1.29 is 9.63 Å². The summed E-state index contributed by atoms with van der Waals surface area (Å²) in [5.74, 6) is 0.196. The van der Waals surface area contributed by atoms with E-state index in [9.17, 15) is 9.90 Å². The summed E-state index contributed by atoms with van der Waals surface area (Å²) in [5.41, 5.74) is 1.06. The second kappa shape index (κ2) is 6.42. The van der Waals surface area contributed by atoms with E-state index in [1.807, 2.05) is 37.3 Å². The lowest BCUT2D eigenvalue weighted by molar-refractivity contribution is 0.425. The van der Waals surface area contributed by atoms with Gasteiger partial charge in [0.15, 0.2) is 0 Å². The van der Waals surface area contributed by atoms with E-state index in [1.165, 1.54) is 0 Å². The van der Waals surface area contributed by atoms with E-state index in [1.54, 1.807) is 22.8 Å². The number of pyridine rings is 1. The maximum atomic E-state index is 12.9. The number of aryl methyl sites for hydroxylation is 1. The topological polar surface area (TPSA) is 81.2 Å². The fourth-order valence-electron chi connectivity index (χ4n) is 2.94. The van der Waals surface area contributed by atoms with Gasteiger partial charge in [0.1, 0.15) is 11.3 Å². The molecule has 4 aromatic rings. The number of rotatable bonds is 3. The Hall–Kier alpha value is -2.93. The van der Waals surface area contributed by atoms with Crippen LogP contribution in [0.2, 0.25) is 0 Å². The molecule has 7 heteroatoms. The molecule has 2 aromatic heterocycles. The molecule has 2 heterocycles. The molecule has 26 heavy (non-hydrogen) atoms. The molecule has 0 bridgehead atoms. The fourth-order valence-corrected chi connectivity index (χ4v) is 3.20. The first kappa shape index (κ1) is 16.5. The van der Waals surface area contributed by atoms with Crippen LogP contribution in [0.25, 0.3) is 33.7 Å². The maximum Gasteiger partial charge on any atom is 0.267 e. The second-order valence-electron chi connectivity index (χ2n) is 5.72. The standard InChI is InChI=1S/C19H14BrN3O3/c1-2-23-14-6-4-3-5-13(14)16(24)15(19(23)25)18-21-17(22-26-18)11-7-9-12(20)10-8-11/h3-10,24H,2H2,1H3. The number of aromatic nitrogens is 3. The van der Waals surface area contributed by atoms with Gasteiger partial charge in [-0.05, 0) is 43.3 Å². The third-order valence-electron chi connectivity index (χ3n) is 4.20. The van der Waals surface area contributed by atoms with Crippen molar-refractivity contribution in [2.75, 3.05) is 0 Å². The summed E-state index contributed by atoms with van der Waals surface area (Å²) < 4.78 is 7.81. The summed E-state index contributed by atoms with van der Waals surface area (Å²) in [6.45, 7) is 2.33. The predicted octanol–water partition coefficient (Wildman–Crippen LogP) is 4.21. The number of para-hydroxylation sites is 1. The molecule has 0 unspecified atom stereocenters. The molecule has 2 aromatic carbocycles. The summed E-state index contributed by atoms with van der Waals surface area (Å²) in [7, 11) is 0. The van der Waals surface area contributed by atoms with E-state index in [4.69, 9.17) is 4.52 Å². The Morgan fingerprint density at radius 1 is 1.15 bits per heavy atom. The number of benzene rings is 2. The molecule has 0 aliphatic heterocycles. The summed E-state index contributed by atoms with van der Waals surface area (Å²) in [6.07, 6.45) is 0. The first-order valence-corrected chi connectivity index (χ1v) is 8.84. The van der Waals surface area contributed by atoms with Crippen LogP contribution in [0, 0.1) is 0 Å². The third-order valence-corrected chi connectivity index (χ3v) is 4.73. The minimum atomic E-state index is -0.366. The van der Waals surface area contributed by atoms with E-state index >= 15 is 0 Å². The van der Waals surface area contributed by atoms with Crippen LogP contribution in [-0.4, -0.2) is 19.8 Å². The number of hydrogen-bond donors (Lipinski definition) is 1. The quantitative estimate of drug-likeness (QED) is 0.545. The Labute approximate surface area is 156 Å². The van der Waals surface area contributed by atoms with E-state index < -0.39 is 0 Å². The number of fused-ring (bicyclic) bond motifs is 1. The van der Waals surface area contributed by atoms with E-state index in [0.717, 1.165) is 10.0 Å². The van der Waals surface area contributed by atoms with E-state index in [2.05, 4.69) is 26.1 Å². The first-order chi connectivity index (χ1) is 12.6. The molecule has 0 fully saturated rings. The van der Waals surface area contributed by atoms with Gasteiger partial charge in [0, 0.05) is 22.0 Å². The van der Waals surface area contributed by atoms with Crippen LogP contribution in [0.1, 0.15) is 6.92 Å². The average Bonchev–Trinajstić information content (AvgIpc) is 3.12. The second-order valence-corrected chi connectivity index (χ2v) is 6.64. The van der Waals surface area contributed by atoms with Crippen molar-refractivity contribution in [3.05, 3.63) is 63.4 Å². The fraction of sp³-hybridized carbons (Fsp3) is 0.105. The Morgan fingerprint density at radius 2 is 1.88 bits per heavy atom. The predicted molar refractivity (Wildman–Crippen MR) is 102 cm³/mol. The molecule has 0 spiro atoms. The highest BCUT2D eigenvalue weighted by molar-refractivity contribution is 9.10. The minimum absolute atomic E-state index is 0.00151. The number of hydrogen-bond acceptors (Lipinski definition) is 5. The van der Waals surface area contributed by atoms with Crippen molar-refractivity contribution >= 4 is 26.8 Å². The van der Waals surface area contributed by atoms with Gasteiger partial charge in [-0.2, -0.15) is 4.98 Å². The van der Waals surface area contributed by atoms with Crippen LogP contribution in [0.4, 0.5) is 0 Å². The Morgan fingerprint density at radius 3 is 2.62 bits per heavy atom. The van der Waals surface area contributed by atoms with Crippen LogP contribution in [0.15, 0.2) is 62.3 Å². The zero-order valence-corrected chi connectivity index (χ0v) is 15.4. The molecular weight excluding hydrogens is 398 g/mol. The smallest absolute Gasteiger partial charge is 0.267 e. The SMILES string of the molecule is CCn1c(=O)c(-c2nc(-c3ccc(Br)cc3)no2)c(O)c2ccccc21. The molecule has 0 aliphatic carbocycles. The largest absolute Gasteiger partial charge is 0.506 e. The van der Waals surface area contributed by atoms with Gasteiger partial charge in [-0.3, -0.25) is 4.79 Å². The average molecular weight is 412 g/mol. The number of nitrogens with zero attached hydrogens (tertiary/aromatic N) is 3. The summed E-state index contributed by atoms with van der Waals surface area (Å²) >= 11 is 3.38. The van der Waals surface area contributed by atoms with Gasteiger partial charge in [-0.15, -0.1) is 0 Å². The van der Waals surface area contributed by atoms with Crippen LogP contribution in [0.5, 0.6) is 5.75 Å². The highest BCUT2D eigenvalue weighted by Crippen LogP contribution is 2.33. The lowest BCUT2D eigenvalue weighted by Gasteiger charge is -2.11. The number of aromatic hydroxyl groups is 1. The lowest BCUT2D eigenvalue weighted by atomic mass is 10.1. The maximum absolute atomic E-state index is 12.9. The molecule has 0 saturated carbocycles. The Balaban J connectivity index is 1.93. The Bertz CT molecular complexity index is 1160. The van der Waals surface area contributed by atoms with Crippen molar-refractivity contribution in [2.24, 2.45) is 0 Å². The minimum Gasteiger partial charge on any atom is -0.506 e. The zero-order valence-electron chi connectivity index (χ0n) is 13.8. The molecule has 0 atom stereocenters.